The molecule has 31 heavy (non-hydrogen) atoms. The average molecular weight is 406 g/mol. The fraction of sp³-hybridized carbons (Fsp3) is 0.207. The third kappa shape index (κ3) is 3.33. The Bertz CT molecular complexity index is 1380. The summed E-state index contributed by atoms with van der Waals surface area (Å²) in [5.41, 5.74) is 7.67. The number of aromatic nitrogens is 1. The van der Waals surface area contributed by atoms with Gasteiger partial charge in [0.05, 0.1) is 5.69 Å². The van der Waals surface area contributed by atoms with Gasteiger partial charge in [-0.3, -0.25) is 4.98 Å². The van der Waals surface area contributed by atoms with Gasteiger partial charge in [-0.25, -0.2) is 0 Å². The Kier molecular flexibility index (Phi) is 4.66. The summed E-state index contributed by atoms with van der Waals surface area (Å²) in [6.45, 7) is 8.99. The van der Waals surface area contributed by atoms with Gasteiger partial charge >= 0.3 is 0 Å². The van der Waals surface area contributed by atoms with Crippen LogP contribution in [0.1, 0.15) is 50.3 Å². The number of benzene rings is 3. The highest BCUT2D eigenvalue weighted by Crippen LogP contribution is 2.41. The fourth-order valence-electron chi connectivity index (χ4n) is 4.48. The molecule has 2 heterocycles. The van der Waals surface area contributed by atoms with Crippen molar-refractivity contribution >= 4 is 21.9 Å². The van der Waals surface area contributed by atoms with Gasteiger partial charge in [-0.15, -0.1) is 0 Å². The van der Waals surface area contributed by atoms with Gasteiger partial charge in [-0.05, 0) is 59.0 Å². The van der Waals surface area contributed by atoms with Crippen LogP contribution in [0, 0.1) is 0 Å². The van der Waals surface area contributed by atoms with Crippen molar-refractivity contribution < 1.29 is 4.42 Å². The Morgan fingerprint density at radius 2 is 1.61 bits per heavy atom. The number of nitrogens with zero attached hydrogens (tertiary/aromatic N) is 1. The topological polar surface area (TPSA) is 26.0 Å². The second-order valence-electron chi connectivity index (χ2n) is 9.11. The van der Waals surface area contributed by atoms with E-state index < -0.39 is 0 Å². The quantitative estimate of drug-likeness (QED) is 0.302. The summed E-state index contributed by atoms with van der Waals surface area (Å²) in [7, 11) is 0. The lowest BCUT2D eigenvalue weighted by Gasteiger charge is -2.27. The van der Waals surface area contributed by atoms with E-state index >= 15 is 0 Å². The van der Waals surface area contributed by atoms with Crippen molar-refractivity contribution in [1.29, 1.82) is 0 Å². The first kappa shape index (κ1) is 19.6. The third-order valence-corrected chi connectivity index (χ3v) is 6.41. The van der Waals surface area contributed by atoms with Crippen LogP contribution < -0.4 is 0 Å². The van der Waals surface area contributed by atoms with E-state index in [1.54, 1.807) is 0 Å². The Morgan fingerprint density at radius 1 is 0.806 bits per heavy atom. The lowest BCUT2D eigenvalue weighted by molar-refractivity contribution is 0.642. The molecule has 0 atom stereocenters. The van der Waals surface area contributed by atoms with Gasteiger partial charge < -0.3 is 4.42 Å². The molecule has 2 heteroatoms. The van der Waals surface area contributed by atoms with Crippen molar-refractivity contribution in [3.8, 4) is 11.3 Å². The summed E-state index contributed by atoms with van der Waals surface area (Å²) >= 11 is 0. The standard InChI is InChI=1S/C29H27NO/c1-19(2)20-15-16-30-25(18-20)21-13-14-26-23(17-21)28-24(11-8-12-27(28)31-26)29(3,4)22-9-6-5-7-10-22/h5-19H,1-4H3. The minimum Gasteiger partial charge on any atom is -0.456 e. The van der Waals surface area contributed by atoms with Gasteiger partial charge in [0.25, 0.3) is 0 Å². The summed E-state index contributed by atoms with van der Waals surface area (Å²) in [5, 5.41) is 2.33. The molecule has 2 aromatic heterocycles. The van der Waals surface area contributed by atoms with Crippen LogP contribution in [-0.4, -0.2) is 4.98 Å². The van der Waals surface area contributed by atoms with Crippen molar-refractivity contribution in [2.75, 3.05) is 0 Å². The van der Waals surface area contributed by atoms with Crippen molar-refractivity contribution in [3.63, 3.8) is 0 Å². The van der Waals surface area contributed by atoms with Gasteiger partial charge in [0.1, 0.15) is 11.2 Å². The molecule has 0 N–H and O–H groups in total. The lowest BCUT2D eigenvalue weighted by Crippen LogP contribution is -2.19. The van der Waals surface area contributed by atoms with Crippen LogP contribution in [0.4, 0.5) is 0 Å². The van der Waals surface area contributed by atoms with Gasteiger partial charge in [0.15, 0.2) is 0 Å². The summed E-state index contributed by atoms with van der Waals surface area (Å²) < 4.78 is 6.26. The normalized spacial score (nSPS) is 12.2. The van der Waals surface area contributed by atoms with Crippen LogP contribution >= 0.6 is 0 Å². The predicted octanol–water partition coefficient (Wildman–Crippen LogP) is 8.10. The maximum atomic E-state index is 6.26. The number of pyridine rings is 1. The van der Waals surface area contributed by atoms with E-state index in [0.29, 0.717) is 5.92 Å². The molecule has 0 saturated heterocycles. The molecule has 0 aliphatic rings. The zero-order valence-corrected chi connectivity index (χ0v) is 18.5. The molecule has 154 valence electrons. The van der Waals surface area contributed by atoms with E-state index in [4.69, 9.17) is 4.42 Å². The number of furan rings is 1. The number of hydrogen-bond acceptors (Lipinski definition) is 2. The first-order chi connectivity index (χ1) is 14.9. The molecule has 0 fully saturated rings. The monoisotopic (exact) mass is 405 g/mol. The Balaban J connectivity index is 1.74. The number of hydrogen-bond donors (Lipinski definition) is 0. The molecule has 5 rings (SSSR count). The number of rotatable bonds is 4. The second-order valence-corrected chi connectivity index (χ2v) is 9.11. The molecular weight excluding hydrogens is 378 g/mol. The largest absolute Gasteiger partial charge is 0.456 e. The SMILES string of the molecule is CC(C)c1ccnc(-c2ccc3oc4cccc(C(C)(C)c5ccccc5)c4c3c2)c1. The number of fused-ring (bicyclic) bond motifs is 3. The Morgan fingerprint density at radius 3 is 2.39 bits per heavy atom. The van der Waals surface area contributed by atoms with Gasteiger partial charge in [-0.2, -0.15) is 0 Å². The molecule has 0 saturated carbocycles. The highest BCUT2D eigenvalue weighted by Gasteiger charge is 2.27. The molecule has 2 nitrogen and oxygen atoms in total. The average Bonchev–Trinajstić information content (AvgIpc) is 3.17. The van der Waals surface area contributed by atoms with Crippen LogP contribution in [0.15, 0.2) is 89.5 Å². The predicted molar refractivity (Wildman–Crippen MR) is 130 cm³/mol. The van der Waals surface area contributed by atoms with Crippen molar-refractivity contribution in [2.24, 2.45) is 0 Å². The van der Waals surface area contributed by atoms with Crippen LogP contribution in [0.2, 0.25) is 0 Å². The Hall–Kier alpha value is -3.39. The summed E-state index contributed by atoms with van der Waals surface area (Å²) in [4.78, 5) is 4.65. The highest BCUT2D eigenvalue weighted by molar-refractivity contribution is 6.08. The van der Waals surface area contributed by atoms with Crippen LogP contribution in [-0.2, 0) is 5.41 Å². The zero-order valence-electron chi connectivity index (χ0n) is 18.5. The van der Waals surface area contributed by atoms with Crippen LogP contribution in [0.25, 0.3) is 33.2 Å². The van der Waals surface area contributed by atoms with Crippen molar-refractivity contribution in [3.05, 3.63) is 102 Å². The molecule has 0 bridgehead atoms. The fourth-order valence-corrected chi connectivity index (χ4v) is 4.48. The molecule has 0 radical (unpaired) electrons. The lowest BCUT2D eigenvalue weighted by atomic mass is 9.76. The maximum Gasteiger partial charge on any atom is 0.135 e. The Labute approximate surface area is 183 Å². The highest BCUT2D eigenvalue weighted by atomic mass is 16.3. The van der Waals surface area contributed by atoms with E-state index in [9.17, 15) is 0 Å². The van der Waals surface area contributed by atoms with E-state index in [1.807, 2.05) is 6.20 Å². The first-order valence-corrected chi connectivity index (χ1v) is 10.9. The summed E-state index contributed by atoms with van der Waals surface area (Å²) in [6.07, 6.45) is 1.91. The van der Waals surface area contributed by atoms with Crippen molar-refractivity contribution in [1.82, 2.24) is 4.98 Å². The molecule has 0 aliphatic carbocycles. The summed E-state index contributed by atoms with van der Waals surface area (Å²) in [6, 6.07) is 27.8. The van der Waals surface area contributed by atoms with Gasteiger partial charge in [-0.1, -0.05) is 70.2 Å². The first-order valence-electron chi connectivity index (χ1n) is 10.9. The summed E-state index contributed by atoms with van der Waals surface area (Å²) in [5.74, 6) is 0.471. The zero-order chi connectivity index (χ0) is 21.6. The second kappa shape index (κ2) is 7.39. The molecule has 0 amide bonds. The van der Waals surface area contributed by atoms with E-state index in [1.165, 1.54) is 22.1 Å². The smallest absolute Gasteiger partial charge is 0.135 e. The minimum atomic E-state index is -0.149. The molecule has 0 spiro atoms. The molecule has 3 aromatic carbocycles. The van der Waals surface area contributed by atoms with Crippen LogP contribution in [0.5, 0.6) is 0 Å². The molecule has 5 aromatic rings. The maximum absolute atomic E-state index is 6.26. The van der Waals surface area contributed by atoms with Crippen molar-refractivity contribution in [2.45, 2.75) is 39.0 Å². The molecule has 0 aliphatic heterocycles. The molecular formula is C29H27NO. The van der Waals surface area contributed by atoms with Gasteiger partial charge in [0, 0.05) is 27.9 Å². The van der Waals surface area contributed by atoms with Crippen LogP contribution in [0.3, 0.4) is 0 Å². The van der Waals surface area contributed by atoms with E-state index in [-0.39, 0.29) is 5.41 Å². The van der Waals surface area contributed by atoms with E-state index in [0.717, 1.165) is 27.8 Å². The van der Waals surface area contributed by atoms with Gasteiger partial charge in [0.2, 0.25) is 0 Å². The molecule has 0 unspecified atom stereocenters. The minimum absolute atomic E-state index is 0.149. The van der Waals surface area contributed by atoms with E-state index in [2.05, 4.69) is 112 Å². The third-order valence-electron chi connectivity index (χ3n) is 6.41.